The van der Waals surface area contributed by atoms with Crippen molar-refractivity contribution in [3.05, 3.63) is 59.5 Å². The molecule has 4 rings (SSSR count). The number of nitrogens with zero attached hydrogens (tertiary/aromatic N) is 5. The predicted molar refractivity (Wildman–Crippen MR) is 139 cm³/mol. The number of ether oxygens (including phenoxy) is 2. The molecule has 3 heterocycles. The van der Waals surface area contributed by atoms with E-state index in [0.29, 0.717) is 53.7 Å². The molecule has 0 aliphatic carbocycles. The van der Waals surface area contributed by atoms with Crippen LogP contribution in [0.15, 0.2) is 48.0 Å². The summed E-state index contributed by atoms with van der Waals surface area (Å²) in [5.74, 6) is 6.94. The normalized spacial score (nSPS) is 19.9. The Bertz CT molecular complexity index is 1320. The number of halogens is 1. The zero-order chi connectivity index (χ0) is 26.0. The number of aromatic amines is 1. The van der Waals surface area contributed by atoms with Crippen molar-refractivity contribution in [2.24, 2.45) is 12.9 Å². The van der Waals surface area contributed by atoms with Crippen LogP contribution in [0.2, 0.25) is 0 Å². The molecule has 1 aliphatic rings. The second-order valence-electron chi connectivity index (χ2n) is 8.89. The second-order valence-corrected chi connectivity index (χ2v) is 8.89. The summed E-state index contributed by atoms with van der Waals surface area (Å²) < 4.78 is 29.0. The lowest BCUT2D eigenvalue weighted by molar-refractivity contribution is 0.140. The van der Waals surface area contributed by atoms with Gasteiger partial charge >= 0.3 is 0 Å². The molecule has 0 saturated carbocycles. The van der Waals surface area contributed by atoms with Gasteiger partial charge in [0.2, 0.25) is 5.88 Å². The van der Waals surface area contributed by atoms with E-state index in [2.05, 4.69) is 33.7 Å². The lowest BCUT2D eigenvalue weighted by Crippen LogP contribution is -2.40. The summed E-state index contributed by atoms with van der Waals surface area (Å²) in [6, 6.07) is 3.22. The maximum atomic E-state index is 15.2. The number of hydrogen-bond acceptors (Lipinski definition) is 7. The largest absolute Gasteiger partial charge is 0.494 e. The molecule has 10 heteroatoms. The number of likely N-dealkylation sites (N-methyl/N-ethyl adjacent to an activating group) is 2. The van der Waals surface area contributed by atoms with Gasteiger partial charge in [-0.2, -0.15) is 10.2 Å². The topological polar surface area (TPSA) is 97.5 Å². The number of aromatic nitrogens is 4. The van der Waals surface area contributed by atoms with E-state index in [0.717, 1.165) is 23.2 Å². The van der Waals surface area contributed by atoms with Crippen molar-refractivity contribution in [1.82, 2.24) is 29.9 Å². The second kappa shape index (κ2) is 10.5. The van der Waals surface area contributed by atoms with E-state index in [1.807, 2.05) is 26.0 Å². The molecule has 2 aromatic heterocycles. The molecular formula is C26H34FN7O2. The van der Waals surface area contributed by atoms with E-state index >= 15 is 4.39 Å². The minimum Gasteiger partial charge on any atom is -0.494 e. The molecule has 9 nitrogen and oxygen atoms in total. The van der Waals surface area contributed by atoms with Gasteiger partial charge in [0.25, 0.3) is 0 Å². The minimum absolute atomic E-state index is 0.209. The number of hydrazine groups is 1. The molecule has 2 bridgehead atoms. The Hall–Kier alpha value is -3.63. The van der Waals surface area contributed by atoms with E-state index in [1.165, 1.54) is 6.07 Å². The number of aryl methyl sites for hydroxylation is 1. The lowest BCUT2D eigenvalue weighted by Gasteiger charge is -2.30. The Morgan fingerprint density at radius 3 is 2.81 bits per heavy atom. The average Bonchev–Trinajstić information content (AvgIpc) is 3.39. The van der Waals surface area contributed by atoms with Crippen molar-refractivity contribution in [1.29, 1.82) is 0 Å². The quantitative estimate of drug-likeness (QED) is 0.315. The van der Waals surface area contributed by atoms with Gasteiger partial charge in [-0.3, -0.25) is 10.00 Å². The highest BCUT2D eigenvalue weighted by molar-refractivity contribution is 5.91. The monoisotopic (exact) mass is 495 g/mol. The molecule has 0 saturated heterocycles. The fourth-order valence-electron chi connectivity index (χ4n) is 4.40. The van der Waals surface area contributed by atoms with E-state index < -0.39 is 0 Å². The van der Waals surface area contributed by atoms with Crippen LogP contribution >= 0.6 is 0 Å². The fourth-order valence-corrected chi connectivity index (χ4v) is 4.40. The molecular weight excluding hydrogens is 461 g/mol. The van der Waals surface area contributed by atoms with Crippen LogP contribution in [0.4, 0.5) is 4.39 Å². The smallest absolute Gasteiger partial charge is 0.220 e. The van der Waals surface area contributed by atoms with Gasteiger partial charge in [-0.1, -0.05) is 13.5 Å². The minimum atomic E-state index is -0.385. The third kappa shape index (κ3) is 5.00. The molecule has 3 N–H and O–H groups in total. The van der Waals surface area contributed by atoms with E-state index in [-0.39, 0.29) is 11.9 Å². The number of allylic oxidation sites excluding steroid dienone is 1. The standard InChI is InChI=1S/C26H34FN7O2/c1-7-34-14-16(3)36-26-21(13-29-33(26)6)19-11-20-23(30-31-24(20)12-22(19)27)10-9-18(17(4)35-8-2)25(15-34)32(5)28/h9-13,16H,4,7-8,14-15,28H2,1-3,5-6H3,(H,30,31)/b10-9+,25-18-/t16-/m0/s1. The van der Waals surface area contributed by atoms with Crippen molar-refractivity contribution >= 4 is 17.0 Å². The summed E-state index contributed by atoms with van der Waals surface area (Å²) in [7, 11) is 3.58. The number of H-pyrrole nitrogens is 1. The molecule has 1 atom stereocenters. The first-order chi connectivity index (χ1) is 17.2. The Labute approximate surface area is 210 Å². The molecule has 0 amide bonds. The van der Waals surface area contributed by atoms with Crippen LogP contribution in [-0.2, 0) is 11.8 Å². The van der Waals surface area contributed by atoms with Crippen molar-refractivity contribution in [3.63, 3.8) is 0 Å². The van der Waals surface area contributed by atoms with Gasteiger partial charge in [0.15, 0.2) is 0 Å². The first-order valence-corrected chi connectivity index (χ1v) is 12.0. The van der Waals surface area contributed by atoms with E-state index in [1.54, 1.807) is 36.0 Å². The highest BCUT2D eigenvalue weighted by Crippen LogP contribution is 2.35. The molecule has 0 radical (unpaired) electrons. The highest BCUT2D eigenvalue weighted by atomic mass is 19.1. The molecule has 1 aromatic carbocycles. The van der Waals surface area contributed by atoms with Gasteiger partial charge < -0.3 is 14.5 Å². The zero-order valence-electron chi connectivity index (χ0n) is 21.5. The van der Waals surface area contributed by atoms with E-state index in [9.17, 15) is 0 Å². The van der Waals surface area contributed by atoms with Crippen LogP contribution in [0.5, 0.6) is 5.88 Å². The number of rotatable bonds is 5. The molecule has 1 aliphatic heterocycles. The van der Waals surface area contributed by atoms with Crippen LogP contribution in [0.3, 0.4) is 0 Å². The van der Waals surface area contributed by atoms with E-state index in [4.69, 9.17) is 15.3 Å². The lowest BCUT2D eigenvalue weighted by atomic mass is 10.0. The predicted octanol–water partition coefficient (Wildman–Crippen LogP) is 3.83. The van der Waals surface area contributed by atoms with Gasteiger partial charge in [-0.25, -0.2) is 14.9 Å². The number of nitrogens with one attached hydrogen (secondary N) is 1. The third-order valence-electron chi connectivity index (χ3n) is 6.27. The number of hydrogen-bond donors (Lipinski definition) is 2. The van der Waals surface area contributed by atoms with Gasteiger partial charge in [-0.15, -0.1) is 0 Å². The molecule has 0 spiro atoms. The summed E-state index contributed by atoms with van der Waals surface area (Å²) >= 11 is 0. The maximum Gasteiger partial charge on any atom is 0.220 e. The Kier molecular flexibility index (Phi) is 7.46. The number of benzene rings is 1. The Morgan fingerprint density at radius 2 is 2.11 bits per heavy atom. The average molecular weight is 496 g/mol. The van der Waals surface area contributed by atoms with Gasteiger partial charge in [0.05, 0.1) is 35.3 Å². The SMILES string of the molecule is C=C(OCC)C1=C(\N(C)N)CN(CC)C[C@H](C)Oc2c(cnn2C)-c2cc3c(n[nH]c3cc2F)\C=C\1. The summed E-state index contributed by atoms with van der Waals surface area (Å²) in [6.07, 6.45) is 5.19. The summed E-state index contributed by atoms with van der Waals surface area (Å²) in [6.45, 7) is 12.5. The molecule has 3 aromatic rings. The summed E-state index contributed by atoms with van der Waals surface area (Å²) in [4.78, 5) is 2.22. The highest BCUT2D eigenvalue weighted by Gasteiger charge is 2.23. The van der Waals surface area contributed by atoms with Gasteiger partial charge in [0, 0.05) is 49.8 Å². The molecule has 192 valence electrons. The Balaban J connectivity index is 1.95. The molecule has 0 fully saturated rings. The van der Waals surface area contributed by atoms with Crippen LogP contribution in [-0.4, -0.2) is 69.3 Å². The van der Waals surface area contributed by atoms with Crippen LogP contribution in [0.1, 0.15) is 26.5 Å². The van der Waals surface area contributed by atoms with Crippen LogP contribution in [0.25, 0.3) is 28.1 Å². The van der Waals surface area contributed by atoms with Crippen molar-refractivity contribution < 1.29 is 13.9 Å². The van der Waals surface area contributed by atoms with Crippen molar-refractivity contribution in [3.8, 4) is 17.0 Å². The van der Waals surface area contributed by atoms with Crippen LogP contribution in [0, 0.1) is 5.82 Å². The number of nitrogens with two attached hydrogens (primary N) is 1. The van der Waals surface area contributed by atoms with Crippen molar-refractivity contribution in [2.45, 2.75) is 26.9 Å². The first-order valence-electron chi connectivity index (χ1n) is 12.0. The maximum absolute atomic E-state index is 15.2. The zero-order valence-corrected chi connectivity index (χ0v) is 21.5. The molecule has 0 unspecified atom stereocenters. The van der Waals surface area contributed by atoms with Gasteiger partial charge in [-0.05, 0) is 38.6 Å². The first kappa shape index (κ1) is 25.5. The summed E-state index contributed by atoms with van der Waals surface area (Å²) in [5, 5.41) is 14.0. The molecule has 36 heavy (non-hydrogen) atoms. The van der Waals surface area contributed by atoms with Gasteiger partial charge in [0.1, 0.15) is 17.7 Å². The number of fused-ring (bicyclic) bond motifs is 3. The Morgan fingerprint density at radius 1 is 1.33 bits per heavy atom. The van der Waals surface area contributed by atoms with Crippen LogP contribution < -0.4 is 10.6 Å². The van der Waals surface area contributed by atoms with Crippen molar-refractivity contribution in [2.75, 3.05) is 33.3 Å². The fraction of sp³-hybridized carbons (Fsp3) is 0.385. The summed E-state index contributed by atoms with van der Waals surface area (Å²) in [5.41, 5.74) is 3.81. The third-order valence-corrected chi connectivity index (χ3v) is 6.27.